The van der Waals surface area contributed by atoms with Crippen LogP contribution in [-0.2, 0) is 11.2 Å². The Hall–Kier alpha value is -3.52. The maximum absolute atomic E-state index is 14.5. The van der Waals surface area contributed by atoms with Crippen LogP contribution in [0.4, 0.5) is 8.78 Å². The smallest absolute Gasteiger partial charge is 0.259 e. The summed E-state index contributed by atoms with van der Waals surface area (Å²) in [5.41, 5.74) is 6.47. The van der Waals surface area contributed by atoms with Gasteiger partial charge in [-0.2, -0.15) is 0 Å². The van der Waals surface area contributed by atoms with Crippen LogP contribution in [-0.4, -0.2) is 26.8 Å². The molecule has 3 aromatic rings. The number of halogens is 3. The Morgan fingerprint density at radius 2 is 2.00 bits per heavy atom. The number of rotatable bonds is 5. The molecule has 2 aromatic carbocycles. The number of aromatic hydroxyl groups is 1. The number of benzene rings is 2. The van der Waals surface area contributed by atoms with E-state index >= 15 is 0 Å². The summed E-state index contributed by atoms with van der Waals surface area (Å²) in [5.74, 6) is -3.44. The maximum atomic E-state index is 14.5. The number of phenols is 1. The molecule has 9 heteroatoms. The van der Waals surface area contributed by atoms with Crippen molar-refractivity contribution in [1.82, 2.24) is 9.88 Å². The molecule has 32 heavy (non-hydrogen) atoms. The lowest BCUT2D eigenvalue weighted by molar-refractivity contribution is -0.123. The molecular formula is C23H18ClF2N3O3. The highest BCUT2D eigenvalue weighted by atomic mass is 35.5. The third-order valence-electron chi connectivity index (χ3n) is 5.53. The predicted octanol–water partition coefficient (Wildman–Crippen LogP) is 4.08. The van der Waals surface area contributed by atoms with Gasteiger partial charge in [-0.15, -0.1) is 0 Å². The van der Waals surface area contributed by atoms with Gasteiger partial charge >= 0.3 is 0 Å². The van der Waals surface area contributed by atoms with Gasteiger partial charge in [-0.3, -0.25) is 14.6 Å². The van der Waals surface area contributed by atoms with E-state index in [2.05, 4.69) is 4.98 Å². The van der Waals surface area contributed by atoms with Crippen LogP contribution in [0.15, 0.2) is 54.9 Å². The fourth-order valence-corrected chi connectivity index (χ4v) is 4.38. The number of carbonyl (C=O) groups excluding carboxylic acids is 2. The number of nitrogens with two attached hydrogens (primary N) is 1. The Labute approximate surface area is 187 Å². The number of primary amides is 1. The summed E-state index contributed by atoms with van der Waals surface area (Å²) in [6.07, 6.45) is 3.45. The van der Waals surface area contributed by atoms with Crippen LogP contribution in [0.2, 0.25) is 5.02 Å². The monoisotopic (exact) mass is 457 g/mol. The topological polar surface area (TPSA) is 96.5 Å². The van der Waals surface area contributed by atoms with E-state index in [0.29, 0.717) is 23.1 Å². The van der Waals surface area contributed by atoms with Crippen LogP contribution in [0.3, 0.4) is 0 Å². The van der Waals surface area contributed by atoms with Crippen molar-refractivity contribution in [2.24, 2.45) is 5.73 Å². The molecule has 0 saturated heterocycles. The van der Waals surface area contributed by atoms with Gasteiger partial charge in [-0.25, -0.2) is 8.78 Å². The minimum Gasteiger partial charge on any atom is -0.507 e. The van der Waals surface area contributed by atoms with Crippen molar-refractivity contribution in [1.29, 1.82) is 0 Å². The zero-order valence-corrected chi connectivity index (χ0v) is 17.4. The van der Waals surface area contributed by atoms with E-state index in [0.717, 1.165) is 23.1 Å². The molecule has 0 spiro atoms. The first kappa shape index (κ1) is 21.7. The van der Waals surface area contributed by atoms with Crippen LogP contribution < -0.4 is 5.73 Å². The van der Waals surface area contributed by atoms with Crippen LogP contribution in [0.25, 0.3) is 0 Å². The zero-order chi connectivity index (χ0) is 23.0. The fraction of sp³-hybridized carbons (Fsp3) is 0.174. The molecule has 1 aliphatic rings. The Morgan fingerprint density at radius 1 is 1.22 bits per heavy atom. The minimum atomic E-state index is -1.31. The number of carbonyl (C=O) groups is 2. The Kier molecular flexibility index (Phi) is 5.80. The van der Waals surface area contributed by atoms with Crippen LogP contribution in [0.5, 0.6) is 5.75 Å². The molecule has 0 radical (unpaired) electrons. The molecule has 1 unspecified atom stereocenters. The lowest BCUT2D eigenvalue weighted by atomic mass is 9.98. The first-order valence-electron chi connectivity index (χ1n) is 9.76. The van der Waals surface area contributed by atoms with Gasteiger partial charge in [0.1, 0.15) is 23.4 Å². The summed E-state index contributed by atoms with van der Waals surface area (Å²) in [6.45, 7) is 0. The van der Waals surface area contributed by atoms with E-state index in [4.69, 9.17) is 17.3 Å². The zero-order valence-electron chi connectivity index (χ0n) is 16.6. The van der Waals surface area contributed by atoms with Crippen LogP contribution in [0, 0.1) is 11.6 Å². The van der Waals surface area contributed by atoms with Crippen LogP contribution >= 0.6 is 11.6 Å². The van der Waals surface area contributed by atoms with Gasteiger partial charge in [0, 0.05) is 23.0 Å². The van der Waals surface area contributed by atoms with Gasteiger partial charge < -0.3 is 15.7 Å². The molecule has 1 aliphatic carbocycles. The van der Waals surface area contributed by atoms with Gasteiger partial charge in [-0.05, 0) is 60.4 Å². The van der Waals surface area contributed by atoms with Crippen molar-refractivity contribution in [3.63, 3.8) is 0 Å². The standard InChI is InChI=1S/C23H18ClF2N3O3/c24-13-8-16-15(18(26)9-13)4-5-19(16)29(21(22(27)31)12-2-1-7-28-11-12)23(32)17-10-14(25)3-6-20(17)30/h1-3,6-11,19,21,30H,4-5H2,(H2,27,31)/t19-,21?/m1/s1. The summed E-state index contributed by atoms with van der Waals surface area (Å²) < 4.78 is 28.5. The van der Waals surface area contributed by atoms with Gasteiger partial charge in [0.05, 0.1) is 11.6 Å². The van der Waals surface area contributed by atoms with Crippen LogP contribution in [0.1, 0.15) is 45.6 Å². The highest BCUT2D eigenvalue weighted by molar-refractivity contribution is 6.30. The fourth-order valence-electron chi connectivity index (χ4n) is 4.17. The number of pyridine rings is 1. The summed E-state index contributed by atoms with van der Waals surface area (Å²) in [4.78, 5) is 31.4. The van der Waals surface area contributed by atoms with Crippen molar-refractivity contribution in [2.45, 2.75) is 24.9 Å². The van der Waals surface area contributed by atoms with E-state index < -0.39 is 41.3 Å². The van der Waals surface area contributed by atoms with Gasteiger partial charge in [0.15, 0.2) is 0 Å². The number of nitrogens with zero attached hydrogens (tertiary/aromatic N) is 2. The first-order valence-corrected chi connectivity index (χ1v) is 10.1. The average molecular weight is 458 g/mol. The second kappa shape index (κ2) is 8.55. The number of phenolic OH excluding ortho intramolecular Hbond substituents is 1. The summed E-state index contributed by atoms with van der Waals surface area (Å²) >= 11 is 6.07. The number of hydrogen-bond donors (Lipinski definition) is 2. The Bertz CT molecular complexity index is 1210. The SMILES string of the molecule is NC(=O)C(c1cccnc1)N(C(=O)c1cc(F)ccc1O)[C@@H]1CCc2c(F)cc(Cl)cc21. The second-order valence-electron chi connectivity index (χ2n) is 7.48. The molecule has 2 amide bonds. The molecule has 3 N–H and O–H groups in total. The third-order valence-corrected chi connectivity index (χ3v) is 5.75. The molecule has 0 fully saturated rings. The average Bonchev–Trinajstić information content (AvgIpc) is 3.17. The number of fused-ring (bicyclic) bond motifs is 1. The van der Waals surface area contributed by atoms with E-state index in [9.17, 15) is 23.5 Å². The quantitative estimate of drug-likeness (QED) is 0.603. The van der Waals surface area contributed by atoms with E-state index in [-0.39, 0.29) is 17.0 Å². The molecule has 0 aliphatic heterocycles. The molecule has 1 aromatic heterocycles. The summed E-state index contributed by atoms with van der Waals surface area (Å²) in [7, 11) is 0. The molecule has 0 saturated carbocycles. The molecule has 0 bridgehead atoms. The molecule has 2 atom stereocenters. The lowest BCUT2D eigenvalue weighted by Crippen LogP contribution is -2.43. The normalized spacial score (nSPS) is 15.8. The van der Waals surface area contributed by atoms with Crippen molar-refractivity contribution in [3.8, 4) is 5.75 Å². The third kappa shape index (κ3) is 3.89. The van der Waals surface area contributed by atoms with Crippen molar-refractivity contribution >= 4 is 23.4 Å². The Balaban J connectivity index is 1.91. The number of hydrogen-bond acceptors (Lipinski definition) is 4. The molecule has 6 nitrogen and oxygen atoms in total. The van der Waals surface area contributed by atoms with Gasteiger partial charge in [0.25, 0.3) is 5.91 Å². The second-order valence-corrected chi connectivity index (χ2v) is 7.91. The number of aromatic nitrogens is 1. The lowest BCUT2D eigenvalue weighted by Gasteiger charge is -2.35. The minimum absolute atomic E-state index is 0.131. The largest absolute Gasteiger partial charge is 0.507 e. The molecule has 4 rings (SSSR count). The molecule has 1 heterocycles. The summed E-state index contributed by atoms with van der Waals surface area (Å²) in [6, 6.07) is 6.68. The molecule has 164 valence electrons. The highest BCUT2D eigenvalue weighted by Crippen LogP contribution is 2.43. The predicted molar refractivity (Wildman–Crippen MR) is 113 cm³/mol. The maximum Gasteiger partial charge on any atom is 0.259 e. The van der Waals surface area contributed by atoms with Crippen molar-refractivity contribution in [2.75, 3.05) is 0 Å². The van der Waals surface area contributed by atoms with E-state index in [1.165, 1.54) is 24.5 Å². The first-order chi connectivity index (χ1) is 15.3. The van der Waals surface area contributed by atoms with Gasteiger partial charge in [-0.1, -0.05) is 17.7 Å². The van der Waals surface area contributed by atoms with Crippen molar-refractivity contribution < 1.29 is 23.5 Å². The summed E-state index contributed by atoms with van der Waals surface area (Å²) in [5, 5.41) is 10.4. The highest BCUT2D eigenvalue weighted by Gasteiger charge is 2.41. The van der Waals surface area contributed by atoms with Crippen molar-refractivity contribution in [3.05, 3.63) is 93.8 Å². The van der Waals surface area contributed by atoms with Gasteiger partial charge in [0.2, 0.25) is 5.91 Å². The van der Waals surface area contributed by atoms with E-state index in [1.807, 2.05) is 0 Å². The molecular weight excluding hydrogens is 440 g/mol. The Morgan fingerprint density at radius 3 is 2.69 bits per heavy atom. The number of amides is 2. The van der Waals surface area contributed by atoms with E-state index in [1.54, 1.807) is 12.1 Å².